The van der Waals surface area contributed by atoms with Crippen molar-refractivity contribution in [3.63, 3.8) is 0 Å². The Balaban J connectivity index is 0.00000169. The number of nitrogens with two attached hydrogens (primary N) is 1. The second-order valence-electron chi connectivity index (χ2n) is 8.10. The highest BCUT2D eigenvalue weighted by molar-refractivity contribution is 5.85. The highest BCUT2D eigenvalue weighted by atomic mass is 35.5. The topological polar surface area (TPSA) is 72.9 Å². The summed E-state index contributed by atoms with van der Waals surface area (Å²) in [6.07, 6.45) is 6.61. The van der Waals surface area contributed by atoms with Gasteiger partial charge in [0, 0.05) is 30.7 Å². The van der Waals surface area contributed by atoms with Crippen molar-refractivity contribution in [1.82, 2.24) is 15.1 Å². The molecule has 3 unspecified atom stereocenters. The van der Waals surface area contributed by atoms with Crippen LogP contribution in [0.3, 0.4) is 0 Å². The zero-order valence-electron chi connectivity index (χ0n) is 16.3. The van der Waals surface area contributed by atoms with Crippen molar-refractivity contribution >= 4 is 30.7 Å². The number of halogens is 2. The van der Waals surface area contributed by atoms with E-state index >= 15 is 0 Å². The maximum atomic E-state index is 12.8. The van der Waals surface area contributed by atoms with Gasteiger partial charge in [0.05, 0.1) is 5.69 Å². The minimum atomic E-state index is -0.0251. The fraction of sp³-hybridized carbons (Fsp3) is 0.789. The summed E-state index contributed by atoms with van der Waals surface area (Å²) in [5, 5.41) is 7.85. The SMILES string of the molecule is Cc1nn(C)c(C)c1CC(C)C(=O)NC1C2CCCC1CC(N)C2.Cl.Cl. The standard InChI is InChI=1S/C19H32N4O.2ClH/c1-11(8-17-12(2)22-23(4)13(17)3)19(24)21-18-14-6-5-7-15(18)10-16(20)9-14;;/h11,14-16,18H,5-10,20H2,1-4H3,(H,21,24);2*1H. The van der Waals surface area contributed by atoms with Crippen LogP contribution >= 0.6 is 24.8 Å². The predicted octanol–water partition coefficient (Wildman–Crippen LogP) is 3.08. The zero-order chi connectivity index (χ0) is 17.4. The second-order valence-corrected chi connectivity index (χ2v) is 8.10. The number of amides is 1. The van der Waals surface area contributed by atoms with Gasteiger partial charge in [0.15, 0.2) is 0 Å². The molecule has 3 N–H and O–H groups in total. The average molecular weight is 405 g/mol. The summed E-state index contributed by atoms with van der Waals surface area (Å²) in [5.74, 6) is 1.31. The van der Waals surface area contributed by atoms with Crippen LogP contribution in [0.25, 0.3) is 0 Å². The molecular formula is C19H34Cl2N4O. The van der Waals surface area contributed by atoms with Crippen LogP contribution in [-0.4, -0.2) is 27.8 Å². The van der Waals surface area contributed by atoms with Crippen molar-refractivity contribution in [3.05, 3.63) is 17.0 Å². The van der Waals surface area contributed by atoms with Crippen molar-refractivity contribution in [2.24, 2.45) is 30.5 Å². The fourth-order valence-corrected chi connectivity index (χ4v) is 4.84. The summed E-state index contributed by atoms with van der Waals surface area (Å²) in [6, 6.07) is 0.663. The molecule has 1 aromatic heterocycles. The molecule has 26 heavy (non-hydrogen) atoms. The third kappa shape index (κ3) is 4.73. The first-order valence-electron chi connectivity index (χ1n) is 9.41. The molecule has 0 radical (unpaired) electrons. The van der Waals surface area contributed by atoms with Gasteiger partial charge in [0.1, 0.15) is 0 Å². The summed E-state index contributed by atoms with van der Waals surface area (Å²) in [7, 11) is 1.96. The number of nitrogens with one attached hydrogen (secondary N) is 1. The van der Waals surface area contributed by atoms with Gasteiger partial charge in [0.2, 0.25) is 5.91 Å². The summed E-state index contributed by atoms with van der Waals surface area (Å²) in [5.41, 5.74) is 9.60. The molecule has 0 saturated heterocycles. The van der Waals surface area contributed by atoms with Gasteiger partial charge in [0.25, 0.3) is 0 Å². The molecule has 5 nitrogen and oxygen atoms in total. The Labute approximate surface area is 169 Å². The molecule has 2 bridgehead atoms. The van der Waals surface area contributed by atoms with Crippen molar-refractivity contribution in [3.8, 4) is 0 Å². The lowest BCUT2D eigenvalue weighted by Crippen LogP contribution is -2.54. The van der Waals surface area contributed by atoms with E-state index in [1.165, 1.54) is 24.8 Å². The van der Waals surface area contributed by atoms with Crippen LogP contribution in [0.15, 0.2) is 0 Å². The highest BCUT2D eigenvalue weighted by Crippen LogP contribution is 2.39. The van der Waals surface area contributed by atoms with Gasteiger partial charge >= 0.3 is 0 Å². The molecule has 2 aliphatic carbocycles. The number of aryl methyl sites for hydroxylation is 2. The van der Waals surface area contributed by atoms with E-state index in [1.807, 2.05) is 25.6 Å². The largest absolute Gasteiger partial charge is 0.353 e. The van der Waals surface area contributed by atoms with Crippen molar-refractivity contribution in [2.75, 3.05) is 0 Å². The average Bonchev–Trinajstić information content (AvgIpc) is 2.74. The molecule has 3 rings (SSSR count). The molecule has 2 fully saturated rings. The maximum absolute atomic E-state index is 12.8. The lowest BCUT2D eigenvalue weighted by molar-refractivity contribution is -0.126. The van der Waals surface area contributed by atoms with Gasteiger partial charge in [-0.3, -0.25) is 9.48 Å². The molecule has 1 heterocycles. The van der Waals surface area contributed by atoms with E-state index in [2.05, 4.69) is 17.3 Å². The van der Waals surface area contributed by atoms with Crippen LogP contribution in [0.1, 0.15) is 56.0 Å². The molecule has 0 aromatic carbocycles. The van der Waals surface area contributed by atoms with E-state index in [4.69, 9.17) is 5.73 Å². The number of hydrogen-bond acceptors (Lipinski definition) is 3. The normalized spacial score (nSPS) is 28.5. The Hall–Kier alpha value is -0.780. The Kier molecular flexibility index (Phi) is 8.43. The van der Waals surface area contributed by atoms with E-state index in [-0.39, 0.29) is 36.6 Å². The van der Waals surface area contributed by atoms with Crippen LogP contribution in [0.2, 0.25) is 0 Å². The fourth-order valence-electron chi connectivity index (χ4n) is 4.84. The first-order valence-corrected chi connectivity index (χ1v) is 9.41. The molecule has 150 valence electrons. The Bertz CT molecular complexity index is 605. The van der Waals surface area contributed by atoms with E-state index in [0.29, 0.717) is 23.9 Å². The van der Waals surface area contributed by atoms with E-state index in [1.54, 1.807) is 0 Å². The molecule has 2 saturated carbocycles. The highest BCUT2D eigenvalue weighted by Gasteiger charge is 2.40. The number of fused-ring (bicyclic) bond motifs is 2. The van der Waals surface area contributed by atoms with E-state index in [0.717, 1.165) is 30.7 Å². The molecule has 0 aliphatic heterocycles. The Morgan fingerprint density at radius 1 is 1.27 bits per heavy atom. The lowest BCUT2D eigenvalue weighted by atomic mass is 9.67. The number of rotatable bonds is 4. The summed E-state index contributed by atoms with van der Waals surface area (Å²) < 4.78 is 1.90. The van der Waals surface area contributed by atoms with Crippen molar-refractivity contribution in [1.29, 1.82) is 0 Å². The van der Waals surface area contributed by atoms with Crippen LogP contribution in [-0.2, 0) is 18.3 Å². The quantitative estimate of drug-likeness (QED) is 0.809. The van der Waals surface area contributed by atoms with Gasteiger partial charge in [-0.25, -0.2) is 0 Å². The van der Waals surface area contributed by atoms with Crippen LogP contribution in [0, 0.1) is 31.6 Å². The van der Waals surface area contributed by atoms with Crippen molar-refractivity contribution in [2.45, 2.75) is 71.4 Å². The molecule has 7 heteroatoms. The Morgan fingerprint density at radius 2 is 1.85 bits per heavy atom. The number of aromatic nitrogens is 2. The first kappa shape index (κ1) is 23.3. The van der Waals surface area contributed by atoms with Gasteiger partial charge in [-0.05, 0) is 63.4 Å². The first-order chi connectivity index (χ1) is 11.4. The molecule has 1 amide bonds. The van der Waals surface area contributed by atoms with Gasteiger partial charge < -0.3 is 11.1 Å². The number of nitrogens with zero attached hydrogens (tertiary/aromatic N) is 2. The summed E-state index contributed by atoms with van der Waals surface area (Å²) in [6.45, 7) is 6.14. The zero-order valence-corrected chi connectivity index (χ0v) is 18.0. The second kappa shape index (κ2) is 9.43. The molecule has 2 aliphatic rings. The number of hydrogen-bond donors (Lipinski definition) is 2. The van der Waals surface area contributed by atoms with Gasteiger partial charge in [-0.2, -0.15) is 5.10 Å². The number of carbonyl (C=O) groups is 1. The minimum Gasteiger partial charge on any atom is -0.353 e. The monoisotopic (exact) mass is 404 g/mol. The lowest BCUT2D eigenvalue weighted by Gasteiger charge is -2.45. The molecule has 3 atom stereocenters. The maximum Gasteiger partial charge on any atom is 0.223 e. The minimum absolute atomic E-state index is 0. The van der Waals surface area contributed by atoms with Crippen LogP contribution < -0.4 is 11.1 Å². The van der Waals surface area contributed by atoms with Gasteiger partial charge in [-0.1, -0.05) is 13.3 Å². The van der Waals surface area contributed by atoms with Gasteiger partial charge in [-0.15, -0.1) is 24.8 Å². The van der Waals surface area contributed by atoms with Crippen LogP contribution in [0.4, 0.5) is 0 Å². The van der Waals surface area contributed by atoms with Crippen LogP contribution in [0.5, 0.6) is 0 Å². The number of carbonyl (C=O) groups excluding carboxylic acids is 1. The third-order valence-corrected chi connectivity index (χ3v) is 6.30. The molecule has 1 aromatic rings. The molecular weight excluding hydrogens is 371 g/mol. The molecule has 0 spiro atoms. The summed E-state index contributed by atoms with van der Waals surface area (Å²) >= 11 is 0. The smallest absolute Gasteiger partial charge is 0.223 e. The van der Waals surface area contributed by atoms with E-state index in [9.17, 15) is 4.79 Å². The summed E-state index contributed by atoms with van der Waals surface area (Å²) in [4.78, 5) is 12.8. The predicted molar refractivity (Wildman–Crippen MR) is 110 cm³/mol. The Morgan fingerprint density at radius 3 is 2.35 bits per heavy atom. The van der Waals surface area contributed by atoms with E-state index < -0.39 is 0 Å². The third-order valence-electron chi connectivity index (χ3n) is 6.30. The van der Waals surface area contributed by atoms with Crippen molar-refractivity contribution < 1.29 is 4.79 Å².